The third-order valence-corrected chi connectivity index (χ3v) is 11.7. The van der Waals surface area contributed by atoms with Crippen molar-refractivity contribution in [3.8, 4) is 67.3 Å². The van der Waals surface area contributed by atoms with Gasteiger partial charge in [0.05, 0.1) is 28.3 Å². The number of hydrogen-bond acceptors (Lipinski definition) is 5. The summed E-state index contributed by atoms with van der Waals surface area (Å²) in [6, 6.07) is 61.3. The van der Waals surface area contributed by atoms with Gasteiger partial charge in [-0.1, -0.05) is 158 Å². The van der Waals surface area contributed by atoms with Crippen LogP contribution in [0.2, 0.25) is 0 Å². The first-order chi connectivity index (χ1) is 30.1. The Labute approximate surface area is 355 Å². The molecule has 0 amide bonds. The Morgan fingerprint density at radius 3 is 1.84 bits per heavy atom. The summed E-state index contributed by atoms with van der Waals surface area (Å²) in [4.78, 5) is 25.3. The van der Waals surface area contributed by atoms with Crippen LogP contribution >= 0.6 is 0 Å². The summed E-state index contributed by atoms with van der Waals surface area (Å²) >= 11 is 0. The van der Waals surface area contributed by atoms with E-state index in [1.807, 2.05) is 30.5 Å². The van der Waals surface area contributed by atoms with E-state index in [1.165, 1.54) is 11.1 Å². The average molecular weight is 782 g/mol. The van der Waals surface area contributed by atoms with Crippen LogP contribution < -0.4 is 0 Å². The van der Waals surface area contributed by atoms with E-state index >= 15 is 0 Å². The van der Waals surface area contributed by atoms with Crippen LogP contribution in [0.15, 0.2) is 205 Å². The first-order valence-corrected chi connectivity index (χ1v) is 20.7. The molecule has 2 atom stereocenters. The second-order valence-corrected chi connectivity index (χ2v) is 15.7. The zero-order chi connectivity index (χ0) is 40.7. The van der Waals surface area contributed by atoms with Gasteiger partial charge in [-0.15, -0.1) is 0 Å². The Morgan fingerprint density at radius 1 is 0.443 bits per heavy atom. The molecule has 0 saturated heterocycles. The topological polar surface area (TPSA) is 63.9 Å². The predicted molar refractivity (Wildman–Crippen MR) is 250 cm³/mol. The molecule has 0 bridgehead atoms. The number of allylic oxidation sites excluding steroid dienone is 1. The van der Waals surface area contributed by atoms with E-state index in [1.54, 1.807) is 0 Å². The Hall–Kier alpha value is -7.89. The number of para-hydroxylation sites is 1. The lowest BCUT2D eigenvalue weighted by Gasteiger charge is -2.29. The zero-order valence-corrected chi connectivity index (χ0v) is 33.5. The molecule has 5 heteroatoms. The molecule has 9 aromatic rings. The molecule has 2 aliphatic rings. The SMILES string of the molecule is Cc1cc(-c2ccccc2)c2c(n1)C1N=C(c3ccc(-c4cccc(-c5cc(-c6cccc(-c7ccnc8ccccc78)c6)nc(-c6ccccc6)n5)c4)cc3)C=CC1C=C2. The third kappa shape index (κ3) is 6.96. The van der Waals surface area contributed by atoms with E-state index in [9.17, 15) is 0 Å². The van der Waals surface area contributed by atoms with Crippen molar-refractivity contribution in [1.82, 2.24) is 19.9 Å². The molecule has 6 aromatic carbocycles. The minimum Gasteiger partial charge on any atom is -0.274 e. The van der Waals surface area contributed by atoms with E-state index in [-0.39, 0.29) is 12.0 Å². The van der Waals surface area contributed by atoms with E-state index < -0.39 is 0 Å². The maximum Gasteiger partial charge on any atom is 0.160 e. The Bertz CT molecular complexity index is 3200. The smallest absolute Gasteiger partial charge is 0.160 e. The highest BCUT2D eigenvalue weighted by molar-refractivity contribution is 6.09. The van der Waals surface area contributed by atoms with Crippen molar-refractivity contribution in [3.05, 3.63) is 223 Å². The number of benzene rings is 6. The molecule has 0 N–H and O–H groups in total. The lowest BCUT2D eigenvalue weighted by molar-refractivity contribution is 0.590. The molecule has 0 spiro atoms. The molecular formula is C56H39N5. The van der Waals surface area contributed by atoms with E-state index in [0.717, 1.165) is 89.5 Å². The van der Waals surface area contributed by atoms with Gasteiger partial charge < -0.3 is 0 Å². The number of fused-ring (bicyclic) bond motifs is 4. The summed E-state index contributed by atoms with van der Waals surface area (Å²) in [5.41, 5.74) is 17.8. The second-order valence-electron chi connectivity index (χ2n) is 15.7. The quantitative estimate of drug-likeness (QED) is 0.162. The molecule has 288 valence electrons. The lowest BCUT2D eigenvalue weighted by Crippen LogP contribution is -2.20. The zero-order valence-electron chi connectivity index (χ0n) is 33.5. The normalized spacial score (nSPS) is 15.3. The number of dihydropyridines is 1. The fourth-order valence-electron chi connectivity index (χ4n) is 8.69. The van der Waals surface area contributed by atoms with E-state index in [4.69, 9.17) is 19.9 Å². The number of rotatable bonds is 7. The summed E-state index contributed by atoms with van der Waals surface area (Å²) in [7, 11) is 0. The van der Waals surface area contributed by atoms with Gasteiger partial charge in [-0.25, -0.2) is 9.97 Å². The first kappa shape index (κ1) is 36.2. The third-order valence-electron chi connectivity index (χ3n) is 11.7. The Kier molecular flexibility index (Phi) is 9.12. The molecule has 11 rings (SSSR count). The standard InChI is InChI=1S/C56H39N5/c1-36-32-49(38-12-4-2-5-13-38)48-28-26-40-27-29-50(59-54(40)55(48)58-36)39-24-22-37(23-25-39)42-16-10-18-44(33-42)52-35-53(61-56(60-52)41-14-6-3-7-15-41)45-19-11-17-43(34-45)46-30-31-57-51-21-9-8-20-47(46)51/h2-35,40,54H,1H3. The molecule has 3 aromatic heterocycles. The van der Waals surface area contributed by atoms with Crippen LogP contribution in [0, 0.1) is 12.8 Å². The molecule has 0 radical (unpaired) electrons. The van der Waals surface area contributed by atoms with Crippen LogP contribution in [0.5, 0.6) is 0 Å². The summed E-state index contributed by atoms with van der Waals surface area (Å²) in [5, 5.41) is 1.12. The highest BCUT2D eigenvalue weighted by atomic mass is 14.9. The van der Waals surface area contributed by atoms with Crippen LogP contribution in [0.25, 0.3) is 84.3 Å². The molecule has 0 fully saturated rings. The molecule has 5 nitrogen and oxygen atoms in total. The summed E-state index contributed by atoms with van der Waals surface area (Å²) in [6.45, 7) is 2.08. The van der Waals surface area contributed by atoms with Crippen LogP contribution in [-0.2, 0) is 0 Å². The number of aryl methyl sites for hydroxylation is 1. The van der Waals surface area contributed by atoms with Crippen LogP contribution in [0.1, 0.15) is 28.6 Å². The largest absolute Gasteiger partial charge is 0.274 e. The fourth-order valence-corrected chi connectivity index (χ4v) is 8.69. The molecule has 1 aliphatic heterocycles. The minimum absolute atomic E-state index is 0.0738. The number of pyridine rings is 2. The molecule has 61 heavy (non-hydrogen) atoms. The monoisotopic (exact) mass is 781 g/mol. The highest BCUT2D eigenvalue weighted by Crippen LogP contribution is 2.42. The van der Waals surface area contributed by atoms with Crippen molar-refractivity contribution in [2.24, 2.45) is 10.9 Å². The highest BCUT2D eigenvalue weighted by Gasteiger charge is 2.30. The van der Waals surface area contributed by atoms with Gasteiger partial charge >= 0.3 is 0 Å². The number of aromatic nitrogens is 4. The Morgan fingerprint density at radius 2 is 1.07 bits per heavy atom. The van der Waals surface area contributed by atoms with E-state index in [2.05, 4.69) is 188 Å². The van der Waals surface area contributed by atoms with Crippen LogP contribution in [0.4, 0.5) is 0 Å². The van der Waals surface area contributed by atoms with Crippen molar-refractivity contribution in [2.75, 3.05) is 0 Å². The van der Waals surface area contributed by atoms with Crippen molar-refractivity contribution < 1.29 is 0 Å². The minimum atomic E-state index is -0.0738. The number of hydrogen-bond donors (Lipinski definition) is 0. The molecule has 2 unspecified atom stereocenters. The van der Waals surface area contributed by atoms with Crippen molar-refractivity contribution in [1.29, 1.82) is 0 Å². The van der Waals surface area contributed by atoms with Gasteiger partial charge in [0.1, 0.15) is 6.04 Å². The average Bonchev–Trinajstić information content (AvgIpc) is 3.34. The van der Waals surface area contributed by atoms with Gasteiger partial charge in [-0.3, -0.25) is 15.0 Å². The summed E-state index contributed by atoms with van der Waals surface area (Å²) in [6.07, 6.45) is 10.8. The van der Waals surface area contributed by atoms with Crippen molar-refractivity contribution in [3.63, 3.8) is 0 Å². The predicted octanol–water partition coefficient (Wildman–Crippen LogP) is 13.5. The van der Waals surface area contributed by atoms with Gasteiger partial charge in [-0.2, -0.15) is 0 Å². The Balaban J connectivity index is 0.921. The van der Waals surface area contributed by atoms with Crippen LogP contribution in [0.3, 0.4) is 0 Å². The van der Waals surface area contributed by atoms with Gasteiger partial charge in [0.15, 0.2) is 5.82 Å². The summed E-state index contributed by atoms with van der Waals surface area (Å²) in [5.74, 6) is 0.857. The molecule has 4 heterocycles. The van der Waals surface area contributed by atoms with Gasteiger partial charge in [0.25, 0.3) is 0 Å². The van der Waals surface area contributed by atoms with E-state index in [0.29, 0.717) is 5.82 Å². The summed E-state index contributed by atoms with van der Waals surface area (Å²) < 4.78 is 0. The van der Waals surface area contributed by atoms with Crippen molar-refractivity contribution in [2.45, 2.75) is 13.0 Å². The maximum absolute atomic E-state index is 5.35. The van der Waals surface area contributed by atoms with Crippen LogP contribution in [-0.4, -0.2) is 25.6 Å². The van der Waals surface area contributed by atoms with Gasteiger partial charge in [0.2, 0.25) is 0 Å². The fraction of sp³-hybridized carbons (Fsp3) is 0.0536. The molecular weight excluding hydrogens is 743 g/mol. The maximum atomic E-state index is 5.35. The molecule has 1 aliphatic carbocycles. The van der Waals surface area contributed by atoms with Crippen molar-refractivity contribution >= 4 is 22.7 Å². The van der Waals surface area contributed by atoms with Gasteiger partial charge in [0, 0.05) is 45.4 Å². The number of aliphatic imine (C=N–C) groups is 1. The second kappa shape index (κ2) is 15.4. The molecule has 0 saturated carbocycles. The number of nitrogens with zero attached hydrogens (tertiary/aromatic N) is 5. The first-order valence-electron chi connectivity index (χ1n) is 20.7. The van der Waals surface area contributed by atoms with Gasteiger partial charge in [-0.05, 0) is 88.3 Å². The lowest BCUT2D eigenvalue weighted by atomic mass is 9.83.